The molecule has 0 aromatic heterocycles. The molecule has 0 heterocycles. The number of amides is 1. The second-order valence-corrected chi connectivity index (χ2v) is 5.35. The van der Waals surface area contributed by atoms with Crippen LogP contribution in [0.1, 0.15) is 31.4 Å². The van der Waals surface area contributed by atoms with Crippen molar-refractivity contribution in [1.29, 1.82) is 0 Å². The van der Waals surface area contributed by atoms with E-state index in [9.17, 15) is 4.79 Å². The van der Waals surface area contributed by atoms with Crippen LogP contribution in [0.15, 0.2) is 24.3 Å². The molecule has 0 radical (unpaired) electrons. The summed E-state index contributed by atoms with van der Waals surface area (Å²) in [6, 6.07) is 7.74. The zero-order valence-electron chi connectivity index (χ0n) is 13.1. The number of nitrogens with zero attached hydrogens (tertiary/aromatic N) is 1. The predicted molar refractivity (Wildman–Crippen MR) is 82.6 cm³/mol. The molecule has 0 aliphatic carbocycles. The Bertz CT molecular complexity index is 540. The third-order valence-corrected chi connectivity index (χ3v) is 3.19. The Morgan fingerprint density at radius 3 is 2.76 bits per heavy atom. The molecular weight excluding hydrogens is 266 g/mol. The third-order valence-electron chi connectivity index (χ3n) is 3.19. The number of aliphatic hydroxyl groups is 1. The van der Waals surface area contributed by atoms with Crippen molar-refractivity contribution in [2.45, 2.75) is 32.4 Å². The fraction of sp³-hybridized carbons (Fsp3) is 0.471. The van der Waals surface area contributed by atoms with Gasteiger partial charge in [-0.3, -0.25) is 4.79 Å². The lowest BCUT2D eigenvalue weighted by Gasteiger charge is -2.28. The highest BCUT2D eigenvalue weighted by Gasteiger charge is 2.29. The van der Waals surface area contributed by atoms with Gasteiger partial charge in [-0.15, -0.1) is 0 Å². The maximum Gasteiger partial charge on any atom is 0.254 e. The second kappa shape index (κ2) is 7.82. The maximum atomic E-state index is 12.2. The molecule has 0 saturated carbocycles. The van der Waals surface area contributed by atoms with Crippen LogP contribution in [0, 0.1) is 11.8 Å². The summed E-state index contributed by atoms with van der Waals surface area (Å²) in [4.78, 5) is 13.9. The first-order chi connectivity index (χ1) is 9.90. The van der Waals surface area contributed by atoms with E-state index in [4.69, 9.17) is 9.84 Å². The summed E-state index contributed by atoms with van der Waals surface area (Å²) < 4.78 is 5.21. The zero-order chi connectivity index (χ0) is 15.9. The molecule has 1 aromatic rings. The molecule has 1 aromatic carbocycles. The van der Waals surface area contributed by atoms with E-state index in [0.29, 0.717) is 13.0 Å². The Kier molecular flexibility index (Phi) is 6.41. The Hall–Kier alpha value is -1.83. The average molecular weight is 289 g/mol. The van der Waals surface area contributed by atoms with Crippen LogP contribution >= 0.6 is 0 Å². The van der Waals surface area contributed by atoms with Gasteiger partial charge in [0.2, 0.25) is 0 Å². The van der Waals surface area contributed by atoms with E-state index < -0.39 is 5.60 Å². The monoisotopic (exact) mass is 289 g/mol. The first kappa shape index (κ1) is 17.2. The largest absolute Gasteiger partial charge is 0.395 e. The van der Waals surface area contributed by atoms with Crippen LogP contribution in [-0.4, -0.2) is 42.3 Å². The van der Waals surface area contributed by atoms with Crippen LogP contribution < -0.4 is 0 Å². The van der Waals surface area contributed by atoms with Crippen LogP contribution in [0.4, 0.5) is 0 Å². The van der Waals surface area contributed by atoms with Crippen molar-refractivity contribution < 1.29 is 14.6 Å². The van der Waals surface area contributed by atoms with Gasteiger partial charge in [-0.2, -0.15) is 0 Å². The van der Waals surface area contributed by atoms with E-state index in [1.54, 1.807) is 25.8 Å². The van der Waals surface area contributed by atoms with Crippen LogP contribution in [0.5, 0.6) is 0 Å². The normalized spacial score (nSPS) is 10.7. The summed E-state index contributed by atoms with van der Waals surface area (Å²) in [6.07, 6.45) is 0.463. The smallest absolute Gasteiger partial charge is 0.254 e. The standard InChI is InChI=1S/C17H23NO3/c1-17(2,21-4)16(20)18(3)13-15-10-7-9-14(12-15)8-5-6-11-19/h7,9-10,12,19H,6,11,13H2,1-4H3. The summed E-state index contributed by atoms with van der Waals surface area (Å²) in [6.45, 7) is 4.07. The van der Waals surface area contributed by atoms with Gasteiger partial charge in [0.25, 0.3) is 5.91 Å². The molecule has 0 aliphatic heterocycles. The molecule has 0 saturated heterocycles. The number of carbonyl (C=O) groups is 1. The number of methoxy groups -OCH3 is 1. The summed E-state index contributed by atoms with van der Waals surface area (Å²) in [5.74, 6) is 5.81. The van der Waals surface area contributed by atoms with Crippen molar-refractivity contribution in [2.75, 3.05) is 20.8 Å². The average Bonchev–Trinajstić information content (AvgIpc) is 2.47. The van der Waals surface area contributed by atoms with Gasteiger partial charge in [0.15, 0.2) is 0 Å². The highest BCUT2D eigenvalue weighted by atomic mass is 16.5. The second-order valence-electron chi connectivity index (χ2n) is 5.35. The summed E-state index contributed by atoms with van der Waals surface area (Å²) in [5.41, 5.74) is 1.06. The number of benzene rings is 1. The molecule has 1 rings (SSSR count). The Morgan fingerprint density at radius 2 is 2.14 bits per heavy atom. The molecule has 0 aliphatic rings. The summed E-state index contributed by atoms with van der Waals surface area (Å²) in [5, 5.41) is 8.72. The lowest BCUT2D eigenvalue weighted by Crippen LogP contribution is -2.44. The van der Waals surface area contributed by atoms with Gasteiger partial charge < -0.3 is 14.7 Å². The molecule has 4 heteroatoms. The topological polar surface area (TPSA) is 49.8 Å². The number of likely N-dealkylation sites (N-methyl/N-ethyl adjacent to an activating group) is 1. The molecule has 0 fully saturated rings. The molecule has 114 valence electrons. The van der Waals surface area contributed by atoms with Crippen molar-refractivity contribution in [3.05, 3.63) is 35.4 Å². The Labute approximate surface area is 126 Å². The van der Waals surface area contributed by atoms with Crippen molar-refractivity contribution in [1.82, 2.24) is 4.90 Å². The van der Waals surface area contributed by atoms with E-state index >= 15 is 0 Å². The molecular formula is C17H23NO3. The minimum absolute atomic E-state index is 0.0655. The van der Waals surface area contributed by atoms with E-state index in [1.165, 1.54) is 7.11 Å². The summed E-state index contributed by atoms with van der Waals surface area (Å²) in [7, 11) is 3.29. The first-order valence-corrected chi connectivity index (χ1v) is 6.90. The summed E-state index contributed by atoms with van der Waals surface area (Å²) >= 11 is 0. The highest BCUT2D eigenvalue weighted by Crippen LogP contribution is 2.14. The maximum absolute atomic E-state index is 12.2. The Morgan fingerprint density at radius 1 is 1.43 bits per heavy atom. The number of aliphatic hydroxyl groups excluding tert-OH is 1. The SMILES string of the molecule is COC(C)(C)C(=O)N(C)Cc1cccc(C#CCCO)c1. The van der Waals surface area contributed by atoms with Crippen molar-refractivity contribution in [2.24, 2.45) is 0 Å². The molecule has 0 atom stereocenters. The molecule has 21 heavy (non-hydrogen) atoms. The zero-order valence-corrected chi connectivity index (χ0v) is 13.1. The van der Waals surface area contributed by atoms with Crippen molar-refractivity contribution >= 4 is 5.91 Å². The van der Waals surface area contributed by atoms with Gasteiger partial charge in [0, 0.05) is 32.7 Å². The quantitative estimate of drug-likeness (QED) is 0.841. The third kappa shape index (κ3) is 5.22. The fourth-order valence-corrected chi connectivity index (χ4v) is 1.86. The molecule has 0 bridgehead atoms. The number of rotatable bonds is 5. The fourth-order valence-electron chi connectivity index (χ4n) is 1.86. The van der Waals surface area contributed by atoms with E-state index in [0.717, 1.165) is 11.1 Å². The van der Waals surface area contributed by atoms with Gasteiger partial charge in [-0.05, 0) is 31.5 Å². The minimum Gasteiger partial charge on any atom is -0.395 e. The minimum atomic E-state index is -0.826. The van der Waals surface area contributed by atoms with Crippen LogP contribution in [-0.2, 0) is 16.1 Å². The van der Waals surface area contributed by atoms with Gasteiger partial charge in [0.1, 0.15) is 5.60 Å². The molecule has 1 amide bonds. The first-order valence-electron chi connectivity index (χ1n) is 6.90. The number of ether oxygens (including phenoxy) is 1. The van der Waals surface area contributed by atoms with Crippen LogP contribution in [0.2, 0.25) is 0 Å². The van der Waals surface area contributed by atoms with Crippen molar-refractivity contribution in [3.8, 4) is 11.8 Å². The molecule has 1 N–H and O–H groups in total. The van der Waals surface area contributed by atoms with E-state index in [2.05, 4.69) is 11.8 Å². The number of hydrogen-bond acceptors (Lipinski definition) is 3. The van der Waals surface area contributed by atoms with Crippen LogP contribution in [0.3, 0.4) is 0 Å². The van der Waals surface area contributed by atoms with Gasteiger partial charge in [-0.25, -0.2) is 0 Å². The van der Waals surface area contributed by atoms with Gasteiger partial charge >= 0.3 is 0 Å². The molecule has 0 unspecified atom stereocenters. The Balaban J connectivity index is 2.78. The molecule has 0 spiro atoms. The van der Waals surface area contributed by atoms with Crippen molar-refractivity contribution in [3.63, 3.8) is 0 Å². The van der Waals surface area contributed by atoms with E-state index in [-0.39, 0.29) is 12.5 Å². The van der Waals surface area contributed by atoms with Gasteiger partial charge in [-0.1, -0.05) is 24.0 Å². The highest BCUT2D eigenvalue weighted by molar-refractivity contribution is 5.84. The predicted octanol–water partition coefficient (Wildman–Crippen LogP) is 1.80. The lowest BCUT2D eigenvalue weighted by atomic mass is 10.1. The molecule has 4 nitrogen and oxygen atoms in total. The van der Waals surface area contributed by atoms with E-state index in [1.807, 2.05) is 24.3 Å². The number of hydrogen-bond donors (Lipinski definition) is 1. The van der Waals surface area contributed by atoms with Crippen LogP contribution in [0.25, 0.3) is 0 Å². The lowest BCUT2D eigenvalue weighted by molar-refractivity contribution is -0.150. The number of carbonyl (C=O) groups excluding carboxylic acids is 1. The van der Waals surface area contributed by atoms with Gasteiger partial charge in [0.05, 0.1) is 6.61 Å².